The summed E-state index contributed by atoms with van der Waals surface area (Å²) < 4.78 is 51.7. The summed E-state index contributed by atoms with van der Waals surface area (Å²) >= 11 is 0. The van der Waals surface area contributed by atoms with Crippen molar-refractivity contribution in [3.05, 3.63) is 114 Å². The van der Waals surface area contributed by atoms with Crippen LogP contribution < -0.4 is 10.2 Å². The summed E-state index contributed by atoms with van der Waals surface area (Å²) in [5.74, 6) is -1.64. The Bertz CT molecular complexity index is 1450. The van der Waals surface area contributed by atoms with Gasteiger partial charge in [0.05, 0.1) is 23.4 Å². The fourth-order valence-electron chi connectivity index (χ4n) is 4.16. The van der Waals surface area contributed by atoms with Gasteiger partial charge in [-0.25, -0.2) is 4.39 Å². The van der Waals surface area contributed by atoms with E-state index >= 15 is 0 Å². The minimum atomic E-state index is -4.40. The quantitative estimate of drug-likeness (QED) is 0.242. The Morgan fingerprint density at radius 1 is 0.722 bits per heavy atom. The number of benzene rings is 4. The number of nitrogens with zero attached hydrogens (tertiary/aromatic N) is 1. The second-order valence-electron chi connectivity index (χ2n) is 8.33. The lowest BCUT2D eigenvalue weighted by Gasteiger charge is -2.20. The molecule has 0 saturated carbocycles. The highest BCUT2D eigenvalue weighted by Gasteiger charge is 2.37. The Balaban J connectivity index is 1.38. The standard InChI is InChI=1S/C28H18F4N2O2/c29-20-10-6-18(7-11-20)23-2-1-3-24-25(23)34(27(36)26(24)35)16-17-4-12-21(13-5-17)33-22-14-8-19(9-15-22)28(30,31)32/h1-15,33H,16H2. The van der Waals surface area contributed by atoms with Crippen LogP contribution in [0.15, 0.2) is 91.0 Å². The average molecular weight is 490 g/mol. The van der Waals surface area contributed by atoms with Crippen LogP contribution in [0.4, 0.5) is 34.6 Å². The van der Waals surface area contributed by atoms with Crippen LogP contribution in [-0.4, -0.2) is 11.7 Å². The Morgan fingerprint density at radius 3 is 1.92 bits per heavy atom. The van der Waals surface area contributed by atoms with Crippen LogP contribution in [0.1, 0.15) is 21.5 Å². The predicted octanol–water partition coefficient (Wildman–Crippen LogP) is 6.98. The van der Waals surface area contributed by atoms with Crippen LogP contribution in [0.3, 0.4) is 0 Å². The molecule has 0 bridgehead atoms. The smallest absolute Gasteiger partial charge is 0.356 e. The van der Waals surface area contributed by atoms with Crippen molar-refractivity contribution < 1.29 is 27.2 Å². The molecule has 1 amide bonds. The maximum atomic E-state index is 13.4. The first-order valence-electron chi connectivity index (χ1n) is 11.0. The Morgan fingerprint density at radius 2 is 1.31 bits per heavy atom. The maximum absolute atomic E-state index is 13.4. The van der Waals surface area contributed by atoms with E-state index in [-0.39, 0.29) is 12.4 Å². The number of hydrogen-bond acceptors (Lipinski definition) is 3. The minimum absolute atomic E-state index is 0.135. The number of nitrogens with one attached hydrogen (secondary N) is 1. The van der Waals surface area contributed by atoms with Crippen LogP contribution in [0.25, 0.3) is 11.1 Å². The summed E-state index contributed by atoms with van der Waals surface area (Å²) in [6.07, 6.45) is -4.40. The van der Waals surface area contributed by atoms with E-state index in [1.807, 2.05) is 0 Å². The summed E-state index contributed by atoms with van der Waals surface area (Å²) in [7, 11) is 0. The van der Waals surface area contributed by atoms with E-state index in [9.17, 15) is 27.2 Å². The number of carbonyl (C=O) groups excluding carboxylic acids is 2. The lowest BCUT2D eigenvalue weighted by atomic mass is 10.00. The van der Waals surface area contributed by atoms with Gasteiger partial charge in [-0.05, 0) is 65.7 Å². The van der Waals surface area contributed by atoms with Crippen molar-refractivity contribution in [2.24, 2.45) is 0 Å². The molecule has 1 N–H and O–H groups in total. The third-order valence-corrected chi connectivity index (χ3v) is 5.94. The van der Waals surface area contributed by atoms with Gasteiger partial charge in [-0.15, -0.1) is 0 Å². The van der Waals surface area contributed by atoms with E-state index in [2.05, 4.69) is 5.32 Å². The molecule has 4 aromatic rings. The van der Waals surface area contributed by atoms with E-state index in [0.717, 1.165) is 17.7 Å². The normalized spacial score (nSPS) is 13.2. The molecule has 8 heteroatoms. The van der Waals surface area contributed by atoms with Crippen molar-refractivity contribution in [1.82, 2.24) is 0 Å². The fourth-order valence-corrected chi connectivity index (χ4v) is 4.16. The van der Waals surface area contributed by atoms with Crippen LogP contribution in [0, 0.1) is 5.82 Å². The van der Waals surface area contributed by atoms with Gasteiger partial charge in [-0.2, -0.15) is 13.2 Å². The van der Waals surface area contributed by atoms with Gasteiger partial charge in [0, 0.05) is 16.9 Å². The Labute approximate surface area is 203 Å². The van der Waals surface area contributed by atoms with Gasteiger partial charge in [-0.1, -0.05) is 36.4 Å². The Kier molecular flexibility index (Phi) is 5.80. The molecule has 0 aliphatic carbocycles. The highest BCUT2D eigenvalue weighted by molar-refractivity contribution is 6.52. The summed E-state index contributed by atoms with van der Waals surface area (Å²) in [6.45, 7) is 0.135. The summed E-state index contributed by atoms with van der Waals surface area (Å²) in [6, 6.07) is 22.6. The zero-order chi connectivity index (χ0) is 25.4. The highest BCUT2D eigenvalue weighted by Crippen LogP contribution is 2.39. The molecule has 0 unspecified atom stereocenters. The van der Waals surface area contributed by atoms with Crippen molar-refractivity contribution in [2.75, 3.05) is 10.2 Å². The van der Waals surface area contributed by atoms with Crippen molar-refractivity contribution in [1.29, 1.82) is 0 Å². The molecule has 5 rings (SSSR count). The molecule has 0 radical (unpaired) electrons. The van der Waals surface area contributed by atoms with Gasteiger partial charge in [0.1, 0.15) is 5.82 Å². The van der Waals surface area contributed by atoms with Crippen molar-refractivity contribution in [3.63, 3.8) is 0 Å². The number of carbonyl (C=O) groups is 2. The van der Waals surface area contributed by atoms with Crippen molar-refractivity contribution in [2.45, 2.75) is 12.7 Å². The van der Waals surface area contributed by atoms with Gasteiger partial charge in [-0.3, -0.25) is 14.5 Å². The second-order valence-corrected chi connectivity index (χ2v) is 8.33. The van der Waals surface area contributed by atoms with Gasteiger partial charge in [0.2, 0.25) is 0 Å². The monoisotopic (exact) mass is 490 g/mol. The van der Waals surface area contributed by atoms with Crippen LogP contribution in [0.5, 0.6) is 0 Å². The average Bonchev–Trinajstić information content (AvgIpc) is 3.10. The largest absolute Gasteiger partial charge is 0.416 e. The zero-order valence-corrected chi connectivity index (χ0v) is 18.6. The molecule has 4 aromatic carbocycles. The third kappa shape index (κ3) is 4.45. The highest BCUT2D eigenvalue weighted by atomic mass is 19.4. The lowest BCUT2D eigenvalue weighted by molar-refractivity contribution is -0.137. The topological polar surface area (TPSA) is 49.4 Å². The molecular formula is C28H18F4N2O2. The van der Waals surface area contributed by atoms with Gasteiger partial charge in [0.15, 0.2) is 0 Å². The number of hydrogen-bond donors (Lipinski definition) is 1. The van der Waals surface area contributed by atoms with E-state index < -0.39 is 23.4 Å². The number of alkyl halides is 3. The zero-order valence-electron chi connectivity index (χ0n) is 18.6. The summed E-state index contributed by atoms with van der Waals surface area (Å²) in [5, 5.41) is 3.04. The van der Waals surface area contributed by atoms with E-state index in [1.165, 1.54) is 29.2 Å². The third-order valence-electron chi connectivity index (χ3n) is 5.94. The van der Waals surface area contributed by atoms with E-state index in [1.54, 1.807) is 54.6 Å². The first-order valence-corrected chi connectivity index (χ1v) is 11.0. The van der Waals surface area contributed by atoms with Crippen LogP contribution in [0.2, 0.25) is 0 Å². The first-order chi connectivity index (χ1) is 17.2. The Hall–Kier alpha value is -4.46. The van der Waals surface area contributed by atoms with Gasteiger partial charge in [0.25, 0.3) is 11.7 Å². The molecule has 1 aliphatic rings. The first kappa shape index (κ1) is 23.3. The predicted molar refractivity (Wildman–Crippen MR) is 129 cm³/mol. The molecule has 0 saturated heterocycles. The van der Waals surface area contributed by atoms with Gasteiger partial charge >= 0.3 is 6.18 Å². The molecule has 0 spiro atoms. The molecular weight excluding hydrogens is 472 g/mol. The van der Waals surface area contributed by atoms with E-state index in [4.69, 9.17) is 0 Å². The number of para-hydroxylation sites is 1. The molecule has 1 aliphatic heterocycles. The summed E-state index contributed by atoms with van der Waals surface area (Å²) in [4.78, 5) is 26.9. The number of anilines is 3. The van der Waals surface area contributed by atoms with Crippen molar-refractivity contribution in [3.8, 4) is 11.1 Å². The number of halogens is 4. The van der Waals surface area contributed by atoms with E-state index in [0.29, 0.717) is 33.8 Å². The van der Waals surface area contributed by atoms with Gasteiger partial charge < -0.3 is 5.32 Å². The maximum Gasteiger partial charge on any atom is 0.416 e. The fraction of sp³-hybridized carbons (Fsp3) is 0.0714. The molecule has 4 nitrogen and oxygen atoms in total. The molecule has 180 valence electrons. The molecule has 36 heavy (non-hydrogen) atoms. The SMILES string of the molecule is O=C1C(=O)N(Cc2ccc(Nc3ccc(C(F)(F)F)cc3)cc2)c2c1cccc2-c1ccc(F)cc1. The summed E-state index contributed by atoms with van der Waals surface area (Å²) in [5.41, 5.74) is 3.26. The molecule has 0 aromatic heterocycles. The van der Waals surface area contributed by atoms with Crippen molar-refractivity contribution >= 4 is 28.8 Å². The van der Waals surface area contributed by atoms with Crippen LogP contribution in [-0.2, 0) is 17.5 Å². The minimum Gasteiger partial charge on any atom is -0.356 e. The molecule has 0 atom stereocenters. The number of ketones is 1. The van der Waals surface area contributed by atoms with Crippen LogP contribution >= 0.6 is 0 Å². The number of fused-ring (bicyclic) bond motifs is 1. The number of amides is 1. The number of Topliss-reactive ketones (excluding diaryl/α,β-unsaturated/α-hetero) is 1. The molecule has 0 fully saturated rings. The molecule has 1 heterocycles. The lowest BCUT2D eigenvalue weighted by Crippen LogP contribution is -2.29. The number of rotatable bonds is 5. The second kappa shape index (κ2) is 8.96.